The maximum Gasteiger partial charge on any atom is 0.416 e. The van der Waals surface area contributed by atoms with Crippen LogP contribution in [0.1, 0.15) is 5.56 Å². The van der Waals surface area contributed by atoms with E-state index >= 15 is 35.1 Å². The monoisotopic (exact) mass is 1250 g/mol. The molecular formula is C81H46F8N6. The van der Waals surface area contributed by atoms with Crippen molar-refractivity contribution >= 4 is 43.6 Å². The highest BCUT2D eigenvalue weighted by Crippen LogP contribution is 2.49. The van der Waals surface area contributed by atoms with E-state index in [4.69, 9.17) is 19.9 Å². The summed E-state index contributed by atoms with van der Waals surface area (Å²) in [5, 5.41) is 1.92. The molecule has 0 saturated heterocycles. The lowest BCUT2D eigenvalue weighted by atomic mass is 9.95. The van der Waals surface area contributed by atoms with Crippen molar-refractivity contribution in [1.82, 2.24) is 29.1 Å². The molecule has 0 bridgehead atoms. The van der Waals surface area contributed by atoms with Gasteiger partial charge in [0.2, 0.25) is 5.82 Å². The van der Waals surface area contributed by atoms with E-state index in [0.717, 1.165) is 22.3 Å². The SMILES string of the molecule is Fc1c(F)c(F)c(-c2c(-n3c4cc(-c5ccc(-c6ccccc6)nc5)ccc4c4ccc(-c5ccc(-c6ccccc6)nc5)cc43)cc(C(F)(F)F)cc2-n2c3cc(-c4ccc(-c5ccccc5)nc4)ccc3c3ccc(-c4ccc(-c5ccccc5)nc4)cc32)c(F)c1F. The van der Waals surface area contributed by atoms with E-state index in [2.05, 4.69) is 0 Å². The zero-order valence-corrected chi connectivity index (χ0v) is 49.8. The fraction of sp³-hybridized carbons (Fsp3) is 0.0123. The maximum absolute atomic E-state index is 17.7. The van der Waals surface area contributed by atoms with Crippen LogP contribution >= 0.6 is 0 Å². The third-order valence-corrected chi connectivity index (χ3v) is 17.6. The molecule has 0 fully saturated rings. The van der Waals surface area contributed by atoms with Gasteiger partial charge in [-0.15, -0.1) is 0 Å². The second-order valence-electron chi connectivity index (χ2n) is 23.1. The molecule has 6 heterocycles. The summed E-state index contributed by atoms with van der Waals surface area (Å²) in [6.07, 6.45) is 1.44. The van der Waals surface area contributed by atoms with Gasteiger partial charge in [0.25, 0.3) is 0 Å². The number of fused-ring (bicyclic) bond motifs is 6. The highest BCUT2D eigenvalue weighted by Gasteiger charge is 2.38. The van der Waals surface area contributed by atoms with Gasteiger partial charge in [-0.1, -0.05) is 194 Å². The normalized spacial score (nSPS) is 11.8. The van der Waals surface area contributed by atoms with Crippen molar-refractivity contribution in [3.8, 4) is 112 Å². The minimum absolute atomic E-state index is 0.222. The molecule has 6 nitrogen and oxygen atoms in total. The highest BCUT2D eigenvalue weighted by molar-refractivity contribution is 6.14. The summed E-state index contributed by atoms with van der Waals surface area (Å²) in [5.41, 5.74) is 6.94. The van der Waals surface area contributed by atoms with Crippen molar-refractivity contribution in [2.24, 2.45) is 0 Å². The Morgan fingerprint density at radius 1 is 0.242 bits per heavy atom. The Hall–Kier alpha value is -12.2. The lowest BCUT2D eigenvalue weighted by molar-refractivity contribution is -0.137. The fourth-order valence-corrected chi connectivity index (χ4v) is 12.9. The molecule has 0 amide bonds. The van der Waals surface area contributed by atoms with Crippen LogP contribution in [-0.2, 0) is 6.18 Å². The summed E-state index contributed by atoms with van der Waals surface area (Å²) in [5.74, 6) is -11.6. The number of nitrogens with zero attached hydrogens (tertiary/aromatic N) is 6. The van der Waals surface area contributed by atoms with Gasteiger partial charge in [-0.25, -0.2) is 22.0 Å². The number of alkyl halides is 3. The Bertz CT molecular complexity index is 5030. The van der Waals surface area contributed by atoms with Crippen LogP contribution in [0.15, 0.2) is 280 Å². The van der Waals surface area contributed by atoms with Crippen LogP contribution in [0.4, 0.5) is 35.1 Å². The van der Waals surface area contributed by atoms with Gasteiger partial charge in [0.05, 0.1) is 67.3 Å². The molecule has 16 aromatic rings. The van der Waals surface area contributed by atoms with Crippen LogP contribution in [0.25, 0.3) is 156 Å². The maximum atomic E-state index is 17.7. The van der Waals surface area contributed by atoms with E-state index in [1.807, 2.05) is 194 Å². The molecular weight excluding hydrogens is 1210 g/mol. The first-order valence-electron chi connectivity index (χ1n) is 30.3. The number of aromatic nitrogens is 6. The van der Waals surface area contributed by atoms with Crippen LogP contribution in [-0.4, -0.2) is 29.1 Å². The van der Waals surface area contributed by atoms with E-state index in [1.54, 1.807) is 73.3 Å². The number of hydrogen-bond acceptors (Lipinski definition) is 4. The van der Waals surface area contributed by atoms with Gasteiger partial charge in [0.15, 0.2) is 23.3 Å². The summed E-state index contributed by atoms with van der Waals surface area (Å²) < 4.78 is 137. The van der Waals surface area contributed by atoms with Crippen LogP contribution in [0.3, 0.4) is 0 Å². The molecule has 0 aliphatic rings. The molecule has 0 atom stereocenters. The van der Waals surface area contributed by atoms with Crippen LogP contribution in [0.5, 0.6) is 0 Å². The van der Waals surface area contributed by atoms with Crippen molar-refractivity contribution in [2.45, 2.75) is 6.18 Å². The molecule has 456 valence electrons. The number of rotatable bonds is 11. The number of halogens is 8. The van der Waals surface area contributed by atoms with Crippen LogP contribution in [0, 0.1) is 29.1 Å². The van der Waals surface area contributed by atoms with Gasteiger partial charge in [-0.2, -0.15) is 13.2 Å². The molecule has 0 unspecified atom stereocenters. The van der Waals surface area contributed by atoms with E-state index < -0.39 is 63.3 Å². The molecule has 16 rings (SSSR count). The van der Waals surface area contributed by atoms with Crippen molar-refractivity contribution in [3.05, 3.63) is 314 Å². The molecule has 0 aliphatic heterocycles. The van der Waals surface area contributed by atoms with Gasteiger partial charge in [-0.05, 0) is 82.9 Å². The van der Waals surface area contributed by atoms with Crippen LogP contribution < -0.4 is 0 Å². The molecule has 0 N–H and O–H groups in total. The lowest BCUT2D eigenvalue weighted by Crippen LogP contribution is -2.13. The molecule has 95 heavy (non-hydrogen) atoms. The minimum atomic E-state index is -5.21. The fourth-order valence-electron chi connectivity index (χ4n) is 12.9. The summed E-state index contributed by atoms with van der Waals surface area (Å²) >= 11 is 0. The van der Waals surface area contributed by atoms with E-state index in [1.165, 1.54) is 9.13 Å². The van der Waals surface area contributed by atoms with Crippen molar-refractivity contribution in [1.29, 1.82) is 0 Å². The van der Waals surface area contributed by atoms with Gasteiger partial charge in [0, 0.05) is 96.4 Å². The second kappa shape index (κ2) is 23.2. The Morgan fingerprint density at radius 2 is 0.495 bits per heavy atom. The van der Waals surface area contributed by atoms with E-state index in [-0.39, 0.29) is 22.1 Å². The third kappa shape index (κ3) is 10.2. The summed E-state index contributed by atoms with van der Waals surface area (Å²) in [7, 11) is 0. The predicted octanol–water partition coefficient (Wildman–Crippen LogP) is 22.2. The smallest absolute Gasteiger partial charge is 0.308 e. The highest BCUT2D eigenvalue weighted by atomic mass is 19.4. The third-order valence-electron chi connectivity index (χ3n) is 17.6. The van der Waals surface area contributed by atoms with Crippen molar-refractivity contribution < 1.29 is 35.1 Å². The number of pyridine rings is 4. The molecule has 0 saturated carbocycles. The van der Waals surface area contributed by atoms with Crippen molar-refractivity contribution in [2.75, 3.05) is 0 Å². The average Bonchev–Trinajstić information content (AvgIpc) is 1.65. The van der Waals surface area contributed by atoms with Crippen LogP contribution in [0.2, 0.25) is 0 Å². The number of benzene rings is 10. The first kappa shape index (κ1) is 58.0. The number of hydrogen-bond donors (Lipinski definition) is 0. The van der Waals surface area contributed by atoms with Gasteiger partial charge >= 0.3 is 6.18 Å². The Balaban J connectivity index is 1.02. The first-order valence-corrected chi connectivity index (χ1v) is 30.3. The van der Waals surface area contributed by atoms with E-state index in [0.29, 0.717) is 101 Å². The molecule has 14 heteroatoms. The molecule has 6 aromatic heterocycles. The predicted molar refractivity (Wildman–Crippen MR) is 360 cm³/mol. The quantitative estimate of drug-likeness (QED) is 0.0735. The molecule has 0 aliphatic carbocycles. The Labute approximate surface area is 537 Å². The largest absolute Gasteiger partial charge is 0.416 e. The Morgan fingerprint density at radius 3 is 0.737 bits per heavy atom. The topological polar surface area (TPSA) is 61.4 Å². The molecule has 0 spiro atoms. The van der Waals surface area contributed by atoms with Gasteiger partial charge in [-0.3, -0.25) is 19.9 Å². The van der Waals surface area contributed by atoms with Gasteiger partial charge < -0.3 is 9.13 Å². The van der Waals surface area contributed by atoms with E-state index in [9.17, 15) is 0 Å². The molecule has 0 radical (unpaired) electrons. The van der Waals surface area contributed by atoms with Gasteiger partial charge in [0.1, 0.15) is 0 Å². The summed E-state index contributed by atoms with van der Waals surface area (Å²) in [6, 6.07) is 75.6. The van der Waals surface area contributed by atoms with Crippen molar-refractivity contribution in [3.63, 3.8) is 0 Å². The zero-order chi connectivity index (χ0) is 64.6. The zero-order valence-electron chi connectivity index (χ0n) is 49.8. The lowest BCUT2D eigenvalue weighted by Gasteiger charge is -2.24. The second-order valence-corrected chi connectivity index (χ2v) is 23.1. The average molecular weight is 1260 g/mol. The first-order chi connectivity index (χ1) is 46.3. The summed E-state index contributed by atoms with van der Waals surface area (Å²) in [6.45, 7) is 0. The standard InChI is InChI=1S/C81H46F8N6/c82-76-75(77(83)79(85)80(86)78(76)84)74-72(94-68-37-51(55-25-33-64(90-43-55)47-13-5-1-6-14-47)21-29-60(68)61-30-22-52(38-69(61)94)56-26-34-65(91-44-56)48-15-7-2-8-16-48)41-59(81(87,88)89)42-73(74)95-70-39-53(57-27-35-66(92-45-57)49-17-9-3-10-18-49)23-31-62(70)63-32-24-54(40-71(63)95)58-28-36-67(93-46-58)50-19-11-4-12-20-50/h1-46H. The molecule has 10 aromatic carbocycles. The Kier molecular flexibility index (Phi) is 14.2. The minimum Gasteiger partial charge on any atom is -0.308 e. The summed E-state index contributed by atoms with van der Waals surface area (Å²) in [4.78, 5) is 19.1.